The second-order valence-electron chi connectivity index (χ2n) is 3.71. The van der Waals surface area contributed by atoms with E-state index in [0.717, 1.165) is 12.3 Å². The van der Waals surface area contributed by atoms with Crippen LogP contribution in [0.2, 0.25) is 0 Å². The number of rotatable bonds is 3. The van der Waals surface area contributed by atoms with Crippen molar-refractivity contribution in [3.63, 3.8) is 0 Å². The number of amides is 1. The summed E-state index contributed by atoms with van der Waals surface area (Å²) in [4.78, 5) is 16.9. The molecule has 0 fully saturated rings. The molecule has 1 heterocycles. The molecule has 0 spiro atoms. The van der Waals surface area contributed by atoms with E-state index in [1.54, 1.807) is 6.92 Å². The van der Waals surface area contributed by atoms with Gasteiger partial charge in [-0.05, 0) is 13.0 Å². The molecule has 0 saturated heterocycles. The molecule has 2 N–H and O–H groups in total. The van der Waals surface area contributed by atoms with Crippen LogP contribution in [0.4, 0.5) is 10.2 Å². The van der Waals surface area contributed by atoms with E-state index < -0.39 is 11.7 Å². The second kappa shape index (κ2) is 5.25. The van der Waals surface area contributed by atoms with Crippen molar-refractivity contribution in [2.24, 2.45) is 0 Å². The number of hydrogen-bond donors (Lipinski definition) is 1. The molecule has 0 aliphatic rings. The van der Waals surface area contributed by atoms with Crippen LogP contribution < -0.4 is 5.73 Å². The molecular weight excluding hydrogens is 223 g/mol. The number of aromatic nitrogens is 1. The van der Waals surface area contributed by atoms with E-state index in [4.69, 9.17) is 11.0 Å². The molecule has 0 aromatic carbocycles. The maximum atomic E-state index is 13.0. The van der Waals surface area contributed by atoms with E-state index in [9.17, 15) is 9.18 Å². The molecule has 0 aliphatic heterocycles. The molecule has 1 rings (SSSR count). The summed E-state index contributed by atoms with van der Waals surface area (Å²) in [6.45, 7) is 1.73. The minimum Gasteiger partial charge on any atom is -0.383 e. The Kier molecular flexibility index (Phi) is 3.99. The molecule has 6 heteroatoms. The summed E-state index contributed by atoms with van der Waals surface area (Å²) in [5.41, 5.74) is 5.52. The summed E-state index contributed by atoms with van der Waals surface area (Å²) in [5, 5.41) is 8.55. The number of nitrogen functional groups attached to an aromatic ring is 1. The average Bonchev–Trinajstić information content (AvgIpc) is 2.30. The fourth-order valence-electron chi connectivity index (χ4n) is 1.28. The van der Waals surface area contributed by atoms with Crippen molar-refractivity contribution in [1.82, 2.24) is 9.88 Å². The maximum absolute atomic E-state index is 13.0. The summed E-state index contributed by atoms with van der Waals surface area (Å²) in [6, 6.07) is 2.74. The van der Waals surface area contributed by atoms with Gasteiger partial charge in [0.2, 0.25) is 0 Å². The molecule has 0 aliphatic carbocycles. The largest absolute Gasteiger partial charge is 0.383 e. The zero-order chi connectivity index (χ0) is 13.0. The third kappa shape index (κ3) is 2.91. The van der Waals surface area contributed by atoms with Gasteiger partial charge < -0.3 is 10.6 Å². The molecular formula is C11H13FN4O. The highest BCUT2D eigenvalue weighted by Crippen LogP contribution is 2.14. The highest BCUT2D eigenvalue weighted by atomic mass is 19.1. The van der Waals surface area contributed by atoms with E-state index in [2.05, 4.69) is 4.98 Å². The number of nitrogens with zero attached hydrogens (tertiary/aromatic N) is 3. The number of carbonyl (C=O) groups is 1. The molecule has 90 valence electrons. The van der Waals surface area contributed by atoms with Crippen molar-refractivity contribution in [2.75, 3.05) is 12.8 Å². The Bertz CT molecular complexity index is 469. The first-order chi connectivity index (χ1) is 7.97. The van der Waals surface area contributed by atoms with Crippen molar-refractivity contribution in [1.29, 1.82) is 5.26 Å². The highest BCUT2D eigenvalue weighted by Gasteiger charge is 2.20. The Hall–Kier alpha value is -2.16. The third-order valence-electron chi connectivity index (χ3n) is 2.48. The first kappa shape index (κ1) is 12.9. The predicted molar refractivity (Wildman–Crippen MR) is 60.4 cm³/mol. The fraction of sp³-hybridized carbons (Fsp3) is 0.364. The smallest absolute Gasteiger partial charge is 0.257 e. The van der Waals surface area contributed by atoms with Crippen LogP contribution in [-0.4, -0.2) is 28.9 Å². The van der Waals surface area contributed by atoms with E-state index in [0.29, 0.717) is 0 Å². The number of hydrogen-bond acceptors (Lipinski definition) is 4. The number of halogens is 1. The van der Waals surface area contributed by atoms with Gasteiger partial charge in [-0.25, -0.2) is 9.37 Å². The minimum atomic E-state index is -0.621. The number of carbonyl (C=O) groups excluding carboxylic acids is 1. The van der Waals surface area contributed by atoms with Crippen LogP contribution in [-0.2, 0) is 0 Å². The van der Waals surface area contributed by atoms with Gasteiger partial charge in [-0.15, -0.1) is 0 Å². The topological polar surface area (TPSA) is 83.0 Å². The fourth-order valence-corrected chi connectivity index (χ4v) is 1.28. The molecule has 1 atom stereocenters. The third-order valence-corrected chi connectivity index (χ3v) is 2.48. The van der Waals surface area contributed by atoms with Crippen molar-refractivity contribution in [3.05, 3.63) is 23.6 Å². The molecule has 1 amide bonds. The highest BCUT2D eigenvalue weighted by molar-refractivity contribution is 5.98. The van der Waals surface area contributed by atoms with Gasteiger partial charge in [0.25, 0.3) is 5.91 Å². The lowest BCUT2D eigenvalue weighted by molar-refractivity contribution is 0.0746. The van der Waals surface area contributed by atoms with Gasteiger partial charge in [0.1, 0.15) is 11.6 Å². The Labute approximate surface area is 98.7 Å². The molecule has 0 radical (unpaired) electrons. The summed E-state index contributed by atoms with van der Waals surface area (Å²) < 4.78 is 13.0. The number of anilines is 1. The van der Waals surface area contributed by atoms with Gasteiger partial charge in [-0.1, -0.05) is 0 Å². The normalized spacial score (nSPS) is 11.6. The lowest BCUT2D eigenvalue weighted by Gasteiger charge is -2.23. The van der Waals surface area contributed by atoms with Gasteiger partial charge in [-0.3, -0.25) is 4.79 Å². The van der Waals surface area contributed by atoms with Crippen molar-refractivity contribution < 1.29 is 9.18 Å². The van der Waals surface area contributed by atoms with Crippen LogP contribution in [0.1, 0.15) is 23.7 Å². The summed E-state index contributed by atoms with van der Waals surface area (Å²) in [7, 11) is 1.54. The minimum absolute atomic E-state index is 0.0114. The van der Waals surface area contributed by atoms with Crippen LogP contribution in [0.5, 0.6) is 0 Å². The van der Waals surface area contributed by atoms with Crippen molar-refractivity contribution in [3.8, 4) is 6.07 Å². The van der Waals surface area contributed by atoms with Gasteiger partial charge in [0.15, 0.2) is 0 Å². The summed E-state index contributed by atoms with van der Waals surface area (Å²) in [6.07, 6.45) is 1.15. The Morgan fingerprint density at radius 2 is 2.41 bits per heavy atom. The van der Waals surface area contributed by atoms with Crippen LogP contribution >= 0.6 is 0 Å². The first-order valence-electron chi connectivity index (χ1n) is 5.02. The quantitative estimate of drug-likeness (QED) is 0.854. The SMILES string of the molecule is CC(CC#N)N(C)C(=O)c1cc(F)cnc1N. The Balaban J connectivity index is 2.96. The lowest BCUT2D eigenvalue weighted by Crippen LogP contribution is -2.35. The molecule has 1 aromatic rings. The van der Waals surface area contributed by atoms with Gasteiger partial charge in [0, 0.05) is 13.1 Å². The zero-order valence-electron chi connectivity index (χ0n) is 9.64. The Morgan fingerprint density at radius 3 is 3.00 bits per heavy atom. The predicted octanol–water partition coefficient (Wildman–Crippen LogP) is 1.18. The number of pyridine rings is 1. The molecule has 0 saturated carbocycles. The standard InChI is InChI=1S/C11H13FN4O/c1-7(3-4-13)16(2)11(17)9-5-8(12)6-15-10(9)14/h5-7H,3H2,1-2H3,(H2,14,15). The van der Waals surface area contributed by atoms with Crippen molar-refractivity contribution >= 4 is 11.7 Å². The van der Waals surface area contributed by atoms with Gasteiger partial charge >= 0.3 is 0 Å². The Morgan fingerprint density at radius 1 is 1.76 bits per heavy atom. The summed E-state index contributed by atoms with van der Waals surface area (Å²) in [5.74, 6) is -1.09. The number of nitriles is 1. The first-order valence-corrected chi connectivity index (χ1v) is 5.02. The van der Waals surface area contributed by atoms with E-state index >= 15 is 0 Å². The molecule has 0 bridgehead atoms. The molecule has 1 unspecified atom stereocenters. The van der Waals surface area contributed by atoms with Gasteiger partial charge in [-0.2, -0.15) is 5.26 Å². The lowest BCUT2D eigenvalue weighted by atomic mass is 10.1. The molecule has 17 heavy (non-hydrogen) atoms. The molecule has 5 nitrogen and oxygen atoms in total. The van der Waals surface area contributed by atoms with Crippen LogP contribution in [0.3, 0.4) is 0 Å². The summed E-state index contributed by atoms with van der Waals surface area (Å²) >= 11 is 0. The van der Waals surface area contributed by atoms with E-state index in [-0.39, 0.29) is 23.8 Å². The van der Waals surface area contributed by atoms with Crippen LogP contribution in [0, 0.1) is 17.1 Å². The average molecular weight is 236 g/mol. The maximum Gasteiger partial charge on any atom is 0.257 e. The monoisotopic (exact) mass is 236 g/mol. The second-order valence-corrected chi connectivity index (χ2v) is 3.71. The zero-order valence-corrected chi connectivity index (χ0v) is 9.64. The van der Waals surface area contributed by atoms with Crippen LogP contribution in [0.25, 0.3) is 0 Å². The van der Waals surface area contributed by atoms with Crippen LogP contribution in [0.15, 0.2) is 12.3 Å². The van der Waals surface area contributed by atoms with E-state index in [1.807, 2.05) is 6.07 Å². The molecule has 1 aromatic heterocycles. The number of nitrogens with two attached hydrogens (primary N) is 1. The van der Waals surface area contributed by atoms with Gasteiger partial charge in [0.05, 0.1) is 24.3 Å². The van der Waals surface area contributed by atoms with E-state index in [1.165, 1.54) is 11.9 Å². The van der Waals surface area contributed by atoms with Crippen molar-refractivity contribution in [2.45, 2.75) is 19.4 Å².